The van der Waals surface area contributed by atoms with Gasteiger partial charge in [-0.25, -0.2) is 4.79 Å². The summed E-state index contributed by atoms with van der Waals surface area (Å²) in [6, 6.07) is 5.07. The second-order valence-corrected chi connectivity index (χ2v) is 3.26. The van der Waals surface area contributed by atoms with Crippen LogP contribution in [0.25, 0.3) is 6.08 Å². The van der Waals surface area contributed by atoms with Crippen LogP contribution in [0.1, 0.15) is 5.56 Å². The number of amides is 1. The molecule has 0 atom stereocenters. The van der Waals surface area contributed by atoms with Crippen LogP contribution in [0.2, 0.25) is 0 Å². The highest BCUT2D eigenvalue weighted by atomic mass is 16.5. The lowest BCUT2D eigenvalue weighted by Gasteiger charge is -2.17. The Morgan fingerprint density at radius 3 is 3.06 bits per heavy atom. The molecule has 1 aliphatic heterocycles. The molecule has 2 N–H and O–H groups in total. The standard InChI is InChI=1S/C11H9NO4/c13-10-6-16-9-3-1-7(2-4-11(14)15)5-8(9)12-10/h1-5H,6H2,(H,12,13)(H,14,15). The van der Waals surface area contributed by atoms with E-state index >= 15 is 0 Å². The zero-order chi connectivity index (χ0) is 11.5. The predicted octanol–water partition coefficient (Wildman–Crippen LogP) is 1.12. The molecule has 1 heterocycles. The molecule has 0 aliphatic carbocycles. The average molecular weight is 219 g/mol. The summed E-state index contributed by atoms with van der Waals surface area (Å²) in [7, 11) is 0. The molecular weight excluding hydrogens is 210 g/mol. The van der Waals surface area contributed by atoms with E-state index in [4.69, 9.17) is 9.84 Å². The van der Waals surface area contributed by atoms with E-state index in [-0.39, 0.29) is 12.5 Å². The minimum Gasteiger partial charge on any atom is -0.482 e. The Balaban J connectivity index is 2.27. The maximum Gasteiger partial charge on any atom is 0.328 e. The number of rotatable bonds is 2. The van der Waals surface area contributed by atoms with Gasteiger partial charge >= 0.3 is 5.97 Å². The van der Waals surface area contributed by atoms with E-state index in [0.29, 0.717) is 17.0 Å². The molecule has 5 nitrogen and oxygen atoms in total. The van der Waals surface area contributed by atoms with E-state index in [1.807, 2.05) is 0 Å². The second-order valence-electron chi connectivity index (χ2n) is 3.26. The van der Waals surface area contributed by atoms with Gasteiger partial charge in [-0.3, -0.25) is 4.79 Å². The summed E-state index contributed by atoms with van der Waals surface area (Å²) in [6.07, 6.45) is 2.48. The SMILES string of the molecule is O=C(O)C=Cc1ccc2c(c1)NC(=O)CO2. The van der Waals surface area contributed by atoms with E-state index in [0.717, 1.165) is 6.08 Å². The van der Waals surface area contributed by atoms with Gasteiger partial charge in [0.15, 0.2) is 6.61 Å². The van der Waals surface area contributed by atoms with Crippen LogP contribution in [-0.2, 0) is 9.59 Å². The summed E-state index contributed by atoms with van der Waals surface area (Å²) >= 11 is 0. The molecule has 1 amide bonds. The van der Waals surface area contributed by atoms with Gasteiger partial charge in [-0.1, -0.05) is 6.07 Å². The fourth-order valence-electron chi connectivity index (χ4n) is 1.37. The van der Waals surface area contributed by atoms with Gasteiger partial charge in [0.25, 0.3) is 5.91 Å². The molecule has 0 aromatic heterocycles. The molecule has 82 valence electrons. The summed E-state index contributed by atoms with van der Waals surface area (Å²) in [6.45, 7) is 0.0112. The van der Waals surface area contributed by atoms with Crippen molar-refractivity contribution in [3.8, 4) is 5.75 Å². The lowest BCUT2D eigenvalue weighted by molar-refractivity contribution is -0.131. The van der Waals surface area contributed by atoms with Gasteiger partial charge in [-0.2, -0.15) is 0 Å². The summed E-state index contributed by atoms with van der Waals surface area (Å²) in [5, 5.41) is 11.1. The summed E-state index contributed by atoms with van der Waals surface area (Å²) in [4.78, 5) is 21.4. The van der Waals surface area contributed by atoms with Crippen LogP contribution in [0, 0.1) is 0 Å². The van der Waals surface area contributed by atoms with Crippen LogP contribution < -0.4 is 10.1 Å². The molecule has 5 heteroatoms. The van der Waals surface area contributed by atoms with Crippen molar-refractivity contribution in [2.45, 2.75) is 0 Å². The Labute approximate surface area is 91.3 Å². The highest BCUT2D eigenvalue weighted by molar-refractivity contribution is 5.96. The van der Waals surface area contributed by atoms with Gasteiger partial charge < -0.3 is 15.2 Å². The predicted molar refractivity (Wildman–Crippen MR) is 57.2 cm³/mol. The van der Waals surface area contributed by atoms with Crippen LogP contribution in [0.4, 0.5) is 5.69 Å². The summed E-state index contributed by atoms with van der Waals surface area (Å²) in [5.41, 5.74) is 1.25. The normalized spacial score (nSPS) is 14.1. The van der Waals surface area contributed by atoms with Crippen molar-refractivity contribution in [1.82, 2.24) is 0 Å². The van der Waals surface area contributed by atoms with Crippen molar-refractivity contribution in [3.05, 3.63) is 29.8 Å². The summed E-state index contributed by atoms with van der Waals surface area (Å²) in [5.74, 6) is -0.642. The van der Waals surface area contributed by atoms with Gasteiger partial charge in [-0.15, -0.1) is 0 Å². The molecule has 0 unspecified atom stereocenters. The zero-order valence-electron chi connectivity index (χ0n) is 8.27. The van der Waals surface area contributed by atoms with Gasteiger partial charge in [0, 0.05) is 6.08 Å². The monoisotopic (exact) mass is 219 g/mol. The topological polar surface area (TPSA) is 75.6 Å². The molecule has 0 radical (unpaired) electrons. The number of carbonyl (C=O) groups is 2. The quantitative estimate of drug-likeness (QED) is 0.731. The molecule has 0 spiro atoms. The van der Waals surface area contributed by atoms with Gasteiger partial charge in [0.1, 0.15) is 5.75 Å². The van der Waals surface area contributed by atoms with Crippen molar-refractivity contribution in [3.63, 3.8) is 0 Å². The maximum absolute atomic E-state index is 11.1. The largest absolute Gasteiger partial charge is 0.482 e. The number of carboxylic acids is 1. The molecule has 1 aromatic rings. The van der Waals surface area contributed by atoms with Crippen molar-refractivity contribution < 1.29 is 19.4 Å². The van der Waals surface area contributed by atoms with Gasteiger partial charge in [-0.05, 0) is 23.8 Å². The number of benzene rings is 1. The number of hydrogen-bond acceptors (Lipinski definition) is 3. The Morgan fingerprint density at radius 2 is 2.31 bits per heavy atom. The van der Waals surface area contributed by atoms with Crippen LogP contribution in [0.5, 0.6) is 5.75 Å². The zero-order valence-corrected chi connectivity index (χ0v) is 8.27. The molecule has 16 heavy (non-hydrogen) atoms. The Bertz CT molecular complexity index is 479. The number of hydrogen-bond donors (Lipinski definition) is 2. The number of nitrogens with one attached hydrogen (secondary N) is 1. The number of fused-ring (bicyclic) bond motifs is 1. The molecule has 1 aliphatic rings. The van der Waals surface area contributed by atoms with Crippen LogP contribution in [-0.4, -0.2) is 23.6 Å². The molecule has 0 saturated heterocycles. The Hall–Kier alpha value is -2.30. The van der Waals surface area contributed by atoms with Crippen LogP contribution in [0.15, 0.2) is 24.3 Å². The first-order chi connectivity index (χ1) is 7.65. The maximum atomic E-state index is 11.1. The summed E-state index contributed by atoms with van der Waals surface area (Å²) < 4.78 is 5.16. The minimum atomic E-state index is -1.02. The number of anilines is 1. The number of aliphatic carboxylic acids is 1. The molecule has 0 fully saturated rings. The second kappa shape index (κ2) is 4.06. The average Bonchev–Trinajstić information content (AvgIpc) is 2.25. The first-order valence-corrected chi connectivity index (χ1v) is 4.63. The lowest BCUT2D eigenvalue weighted by Crippen LogP contribution is -2.25. The number of carbonyl (C=O) groups excluding carboxylic acids is 1. The smallest absolute Gasteiger partial charge is 0.328 e. The fourth-order valence-corrected chi connectivity index (χ4v) is 1.37. The van der Waals surface area contributed by atoms with E-state index in [9.17, 15) is 9.59 Å². The third-order valence-corrected chi connectivity index (χ3v) is 2.05. The van der Waals surface area contributed by atoms with Crippen molar-refractivity contribution in [2.75, 3.05) is 11.9 Å². The minimum absolute atomic E-state index is 0.0112. The molecular formula is C11H9NO4. The van der Waals surface area contributed by atoms with E-state index in [1.54, 1.807) is 18.2 Å². The number of carboxylic acid groups (broad SMARTS) is 1. The number of ether oxygens (including phenoxy) is 1. The lowest BCUT2D eigenvalue weighted by atomic mass is 10.1. The van der Waals surface area contributed by atoms with E-state index in [1.165, 1.54) is 6.08 Å². The molecule has 0 bridgehead atoms. The molecule has 1 aromatic carbocycles. The highest BCUT2D eigenvalue weighted by Gasteiger charge is 2.15. The Morgan fingerprint density at radius 1 is 1.50 bits per heavy atom. The molecule has 2 rings (SSSR count). The van der Waals surface area contributed by atoms with E-state index in [2.05, 4.69) is 5.32 Å². The van der Waals surface area contributed by atoms with Crippen molar-refractivity contribution in [1.29, 1.82) is 0 Å². The van der Waals surface area contributed by atoms with E-state index < -0.39 is 5.97 Å². The first-order valence-electron chi connectivity index (χ1n) is 4.63. The van der Waals surface area contributed by atoms with Crippen molar-refractivity contribution in [2.24, 2.45) is 0 Å². The van der Waals surface area contributed by atoms with Crippen LogP contribution in [0.3, 0.4) is 0 Å². The Kier molecular flexibility index (Phi) is 2.59. The first kappa shape index (κ1) is 10.2. The molecule has 0 saturated carbocycles. The third-order valence-electron chi connectivity index (χ3n) is 2.05. The third kappa shape index (κ3) is 2.20. The fraction of sp³-hybridized carbons (Fsp3) is 0.0909. The van der Waals surface area contributed by atoms with Crippen LogP contribution >= 0.6 is 0 Å². The van der Waals surface area contributed by atoms with Gasteiger partial charge in [0.05, 0.1) is 5.69 Å². The highest BCUT2D eigenvalue weighted by Crippen LogP contribution is 2.28. The van der Waals surface area contributed by atoms with Gasteiger partial charge in [0.2, 0.25) is 0 Å². The van der Waals surface area contributed by atoms with Crippen molar-refractivity contribution >= 4 is 23.6 Å².